The van der Waals surface area contributed by atoms with Gasteiger partial charge in [0.1, 0.15) is 11.6 Å². The van der Waals surface area contributed by atoms with Crippen molar-refractivity contribution in [2.45, 2.75) is 25.8 Å². The van der Waals surface area contributed by atoms with E-state index in [1.165, 1.54) is 18.2 Å². The molecule has 2 N–H and O–H groups in total. The van der Waals surface area contributed by atoms with Crippen LogP contribution in [-0.4, -0.2) is 24.4 Å². The highest BCUT2D eigenvalue weighted by molar-refractivity contribution is 6.30. The Morgan fingerprint density at radius 1 is 1.08 bits per heavy atom. The van der Waals surface area contributed by atoms with Crippen LogP contribution < -0.4 is 10.6 Å². The Bertz CT molecular complexity index is 761. The summed E-state index contributed by atoms with van der Waals surface area (Å²) in [5.74, 6) is -1.90. The average Bonchev–Trinajstić information content (AvgIpc) is 2.58. The molecule has 0 aliphatic rings. The van der Waals surface area contributed by atoms with Gasteiger partial charge in [0.05, 0.1) is 0 Å². The van der Waals surface area contributed by atoms with Crippen LogP contribution in [0.5, 0.6) is 0 Å². The molecule has 2 aromatic carbocycles. The van der Waals surface area contributed by atoms with Gasteiger partial charge >= 0.3 is 0 Å². The summed E-state index contributed by atoms with van der Waals surface area (Å²) in [6.07, 6.45) is 0.102. The molecule has 0 bridgehead atoms. The molecule has 0 aliphatic heterocycles. The van der Waals surface area contributed by atoms with Crippen molar-refractivity contribution in [1.82, 2.24) is 10.6 Å². The minimum atomic E-state index is -0.638. The fraction of sp³-hybridized carbons (Fsp3) is 0.263. The Morgan fingerprint density at radius 2 is 1.69 bits per heavy atom. The van der Waals surface area contributed by atoms with Crippen molar-refractivity contribution in [2.24, 2.45) is 0 Å². The van der Waals surface area contributed by atoms with E-state index in [-0.39, 0.29) is 36.8 Å². The van der Waals surface area contributed by atoms with Gasteiger partial charge < -0.3 is 10.6 Å². The first kappa shape index (κ1) is 19.8. The lowest BCUT2D eigenvalue weighted by Gasteiger charge is -2.15. The van der Waals surface area contributed by atoms with Gasteiger partial charge in [-0.25, -0.2) is 8.78 Å². The molecule has 0 radical (unpaired) electrons. The third-order valence-corrected chi connectivity index (χ3v) is 3.98. The average molecular weight is 381 g/mol. The van der Waals surface area contributed by atoms with Gasteiger partial charge in [-0.15, -0.1) is 0 Å². The smallest absolute Gasteiger partial charge is 0.251 e. The predicted octanol–water partition coefficient (Wildman–Crippen LogP) is 3.49. The first-order valence-electron chi connectivity index (χ1n) is 8.13. The highest BCUT2D eigenvalue weighted by Gasteiger charge is 2.14. The molecule has 2 aromatic rings. The third kappa shape index (κ3) is 5.81. The molecule has 0 saturated heterocycles. The number of hydrogen-bond donors (Lipinski definition) is 2. The molecule has 0 heterocycles. The van der Waals surface area contributed by atoms with E-state index in [4.69, 9.17) is 11.6 Å². The van der Waals surface area contributed by atoms with E-state index in [0.29, 0.717) is 10.6 Å². The molecule has 7 heteroatoms. The van der Waals surface area contributed by atoms with Crippen LogP contribution in [-0.2, 0) is 11.2 Å². The van der Waals surface area contributed by atoms with Crippen molar-refractivity contribution in [3.63, 3.8) is 0 Å². The van der Waals surface area contributed by atoms with Crippen LogP contribution in [0.3, 0.4) is 0 Å². The van der Waals surface area contributed by atoms with Crippen LogP contribution in [0.1, 0.15) is 29.3 Å². The minimum absolute atomic E-state index is 0.0430. The van der Waals surface area contributed by atoms with Gasteiger partial charge in [0.25, 0.3) is 5.91 Å². The molecule has 0 saturated carbocycles. The number of carbonyl (C=O) groups is 2. The zero-order chi connectivity index (χ0) is 19.1. The topological polar surface area (TPSA) is 58.2 Å². The summed E-state index contributed by atoms with van der Waals surface area (Å²) in [5.41, 5.74) is 0.384. The normalized spacial score (nSPS) is 11.7. The summed E-state index contributed by atoms with van der Waals surface area (Å²) in [5, 5.41) is 5.82. The van der Waals surface area contributed by atoms with E-state index in [1.807, 2.05) is 0 Å². The molecule has 2 rings (SSSR count). The number of carbonyl (C=O) groups excluding carboxylic acids is 2. The zero-order valence-corrected chi connectivity index (χ0v) is 14.9. The highest BCUT2D eigenvalue weighted by atomic mass is 35.5. The second-order valence-corrected chi connectivity index (χ2v) is 6.32. The molecule has 26 heavy (non-hydrogen) atoms. The van der Waals surface area contributed by atoms with Crippen LogP contribution in [0.2, 0.25) is 5.02 Å². The van der Waals surface area contributed by atoms with E-state index in [2.05, 4.69) is 10.6 Å². The predicted molar refractivity (Wildman–Crippen MR) is 96.1 cm³/mol. The van der Waals surface area contributed by atoms with Gasteiger partial charge in [-0.3, -0.25) is 9.59 Å². The fourth-order valence-electron chi connectivity index (χ4n) is 2.42. The van der Waals surface area contributed by atoms with E-state index in [9.17, 15) is 18.4 Å². The first-order valence-corrected chi connectivity index (χ1v) is 8.50. The van der Waals surface area contributed by atoms with E-state index < -0.39 is 17.7 Å². The van der Waals surface area contributed by atoms with Crippen molar-refractivity contribution < 1.29 is 18.4 Å². The van der Waals surface area contributed by atoms with Gasteiger partial charge in [0.15, 0.2) is 0 Å². The quantitative estimate of drug-likeness (QED) is 0.772. The minimum Gasteiger partial charge on any atom is -0.353 e. The molecule has 2 amide bonds. The number of halogens is 3. The van der Waals surface area contributed by atoms with E-state index in [0.717, 1.165) is 0 Å². The summed E-state index contributed by atoms with van der Waals surface area (Å²) in [7, 11) is 0. The number of benzene rings is 2. The molecule has 4 nitrogen and oxygen atoms in total. The standard InChI is InChI=1S/C19H19ClF2N2O2/c1-12(11-15-16(21)3-2-4-17(15)22)24-18(25)9-10-23-19(26)13-5-7-14(20)8-6-13/h2-8,12H,9-11H2,1H3,(H,23,26)(H,24,25). The molecule has 0 fully saturated rings. The largest absolute Gasteiger partial charge is 0.353 e. The second-order valence-electron chi connectivity index (χ2n) is 5.89. The lowest BCUT2D eigenvalue weighted by atomic mass is 10.1. The van der Waals surface area contributed by atoms with Gasteiger partial charge in [-0.05, 0) is 49.7 Å². The van der Waals surface area contributed by atoms with Crippen LogP contribution in [0.4, 0.5) is 8.78 Å². The Labute approximate surface area is 155 Å². The van der Waals surface area contributed by atoms with Crippen molar-refractivity contribution in [3.05, 3.63) is 70.2 Å². The monoisotopic (exact) mass is 380 g/mol. The Balaban J connectivity index is 1.76. The Kier molecular flexibility index (Phi) is 7.09. The van der Waals surface area contributed by atoms with Gasteiger partial charge in [-0.2, -0.15) is 0 Å². The molecule has 1 unspecified atom stereocenters. The van der Waals surface area contributed by atoms with Gasteiger partial charge in [0.2, 0.25) is 5.91 Å². The van der Waals surface area contributed by atoms with E-state index in [1.54, 1.807) is 31.2 Å². The number of amides is 2. The highest BCUT2D eigenvalue weighted by Crippen LogP contribution is 2.14. The third-order valence-electron chi connectivity index (χ3n) is 3.72. The number of rotatable bonds is 7. The van der Waals surface area contributed by atoms with Crippen molar-refractivity contribution in [2.75, 3.05) is 6.54 Å². The van der Waals surface area contributed by atoms with Crippen molar-refractivity contribution in [3.8, 4) is 0 Å². The van der Waals surface area contributed by atoms with E-state index >= 15 is 0 Å². The number of hydrogen-bond acceptors (Lipinski definition) is 2. The zero-order valence-electron chi connectivity index (χ0n) is 14.2. The molecular formula is C19H19ClF2N2O2. The summed E-state index contributed by atoms with van der Waals surface area (Å²) >= 11 is 5.76. The number of nitrogens with one attached hydrogen (secondary N) is 2. The Hall–Kier alpha value is -2.47. The molecule has 1 atom stereocenters. The van der Waals surface area contributed by atoms with Gasteiger partial charge in [-0.1, -0.05) is 17.7 Å². The van der Waals surface area contributed by atoms with Crippen LogP contribution in [0.25, 0.3) is 0 Å². The summed E-state index contributed by atoms with van der Waals surface area (Å²) in [4.78, 5) is 23.8. The van der Waals surface area contributed by atoms with Crippen molar-refractivity contribution in [1.29, 1.82) is 0 Å². The molecular weight excluding hydrogens is 362 g/mol. The summed E-state index contributed by atoms with van der Waals surface area (Å²) in [6, 6.07) is 9.59. The van der Waals surface area contributed by atoms with Crippen LogP contribution >= 0.6 is 11.6 Å². The summed E-state index contributed by atoms with van der Waals surface area (Å²) in [6.45, 7) is 1.81. The maximum absolute atomic E-state index is 13.6. The molecule has 0 spiro atoms. The lowest BCUT2D eigenvalue weighted by Crippen LogP contribution is -2.37. The second kappa shape index (κ2) is 9.29. The fourth-order valence-corrected chi connectivity index (χ4v) is 2.55. The maximum atomic E-state index is 13.6. The molecule has 0 aromatic heterocycles. The Morgan fingerprint density at radius 3 is 2.31 bits per heavy atom. The molecule has 138 valence electrons. The van der Waals surface area contributed by atoms with Crippen molar-refractivity contribution >= 4 is 23.4 Å². The molecule has 0 aliphatic carbocycles. The van der Waals surface area contributed by atoms with Crippen LogP contribution in [0.15, 0.2) is 42.5 Å². The summed E-state index contributed by atoms with van der Waals surface area (Å²) < 4.78 is 27.2. The SMILES string of the molecule is CC(Cc1c(F)cccc1F)NC(=O)CCNC(=O)c1ccc(Cl)cc1. The van der Waals surface area contributed by atoms with Gasteiger partial charge in [0, 0.05) is 35.2 Å². The lowest BCUT2D eigenvalue weighted by molar-refractivity contribution is -0.121. The maximum Gasteiger partial charge on any atom is 0.251 e. The van der Waals surface area contributed by atoms with Crippen LogP contribution in [0, 0.1) is 11.6 Å². The first-order chi connectivity index (χ1) is 12.4.